The lowest BCUT2D eigenvalue weighted by Gasteiger charge is -2.32. The van der Waals surface area contributed by atoms with Gasteiger partial charge in [-0.25, -0.2) is 0 Å². The average Bonchev–Trinajstić information content (AvgIpc) is 3.33. The SMILES string of the molecule is c1cncc(-c2noc(COC3CCCN(Cc4ccsc4)C3)n2)c1. The van der Waals surface area contributed by atoms with E-state index < -0.39 is 0 Å². The first-order chi connectivity index (χ1) is 12.4. The van der Waals surface area contributed by atoms with E-state index in [9.17, 15) is 0 Å². The predicted octanol–water partition coefficient (Wildman–Crippen LogP) is 3.37. The van der Waals surface area contributed by atoms with Crippen LogP contribution in [-0.2, 0) is 17.9 Å². The Morgan fingerprint density at radius 2 is 2.36 bits per heavy atom. The van der Waals surface area contributed by atoms with Crippen molar-refractivity contribution in [1.82, 2.24) is 20.0 Å². The third-order valence-corrected chi connectivity index (χ3v) is 5.01. The first kappa shape index (κ1) is 16.4. The highest BCUT2D eigenvalue weighted by Gasteiger charge is 2.21. The van der Waals surface area contributed by atoms with E-state index in [0.717, 1.165) is 38.0 Å². The van der Waals surface area contributed by atoms with Crippen LogP contribution in [0.5, 0.6) is 0 Å². The second-order valence-corrected chi connectivity index (χ2v) is 6.98. The van der Waals surface area contributed by atoms with Gasteiger partial charge >= 0.3 is 0 Å². The van der Waals surface area contributed by atoms with Crippen LogP contribution in [0, 0.1) is 0 Å². The normalized spacial score (nSPS) is 18.5. The average molecular weight is 356 g/mol. The Morgan fingerprint density at radius 1 is 1.36 bits per heavy atom. The highest BCUT2D eigenvalue weighted by atomic mass is 32.1. The summed E-state index contributed by atoms with van der Waals surface area (Å²) in [6.07, 6.45) is 5.88. The minimum absolute atomic E-state index is 0.209. The van der Waals surface area contributed by atoms with Crippen molar-refractivity contribution >= 4 is 11.3 Å². The molecule has 1 unspecified atom stereocenters. The van der Waals surface area contributed by atoms with Gasteiger partial charge in [0.25, 0.3) is 5.89 Å². The molecule has 0 amide bonds. The zero-order valence-corrected chi connectivity index (χ0v) is 14.7. The van der Waals surface area contributed by atoms with Crippen LogP contribution in [0.4, 0.5) is 0 Å². The van der Waals surface area contributed by atoms with Crippen molar-refractivity contribution in [2.24, 2.45) is 0 Å². The molecule has 3 aromatic heterocycles. The Bertz CT molecular complexity index is 775. The minimum Gasteiger partial charge on any atom is -0.367 e. The van der Waals surface area contributed by atoms with E-state index in [-0.39, 0.29) is 6.10 Å². The van der Waals surface area contributed by atoms with Crippen LogP contribution in [0.2, 0.25) is 0 Å². The molecule has 3 aromatic rings. The van der Waals surface area contributed by atoms with Crippen LogP contribution in [0.1, 0.15) is 24.3 Å². The van der Waals surface area contributed by atoms with Crippen molar-refractivity contribution in [3.05, 3.63) is 52.8 Å². The van der Waals surface area contributed by atoms with Crippen molar-refractivity contribution < 1.29 is 9.26 Å². The number of pyridine rings is 1. The van der Waals surface area contributed by atoms with Crippen LogP contribution in [0.25, 0.3) is 11.4 Å². The van der Waals surface area contributed by atoms with Gasteiger partial charge in [-0.15, -0.1) is 0 Å². The van der Waals surface area contributed by atoms with Gasteiger partial charge in [0, 0.05) is 31.0 Å². The lowest BCUT2D eigenvalue weighted by molar-refractivity contribution is -0.0210. The van der Waals surface area contributed by atoms with Gasteiger partial charge in [0.15, 0.2) is 0 Å². The molecule has 6 nitrogen and oxygen atoms in total. The van der Waals surface area contributed by atoms with E-state index in [2.05, 4.69) is 36.9 Å². The zero-order chi connectivity index (χ0) is 16.9. The Kier molecular flexibility index (Phi) is 5.15. The first-order valence-corrected chi connectivity index (χ1v) is 9.39. The lowest BCUT2D eigenvalue weighted by Crippen LogP contribution is -2.39. The number of nitrogens with zero attached hydrogens (tertiary/aromatic N) is 4. The predicted molar refractivity (Wildman–Crippen MR) is 94.9 cm³/mol. The highest BCUT2D eigenvalue weighted by molar-refractivity contribution is 7.07. The Labute approximate surface area is 150 Å². The number of rotatable bonds is 6. The van der Waals surface area contributed by atoms with Gasteiger partial charge in [0.05, 0.1) is 6.10 Å². The van der Waals surface area contributed by atoms with Gasteiger partial charge in [-0.05, 0) is 53.9 Å². The Morgan fingerprint density at radius 3 is 3.20 bits per heavy atom. The topological polar surface area (TPSA) is 64.3 Å². The summed E-state index contributed by atoms with van der Waals surface area (Å²) < 4.78 is 11.3. The molecule has 130 valence electrons. The largest absolute Gasteiger partial charge is 0.367 e. The molecule has 1 saturated heterocycles. The fourth-order valence-electron chi connectivity index (χ4n) is 3.05. The Hall–Kier alpha value is -2.09. The summed E-state index contributed by atoms with van der Waals surface area (Å²) >= 11 is 1.75. The summed E-state index contributed by atoms with van der Waals surface area (Å²) in [4.78, 5) is 10.9. The van der Waals surface area contributed by atoms with Crippen LogP contribution < -0.4 is 0 Å². The third-order valence-electron chi connectivity index (χ3n) is 4.28. The summed E-state index contributed by atoms with van der Waals surface area (Å²) in [6, 6.07) is 5.95. The number of hydrogen-bond acceptors (Lipinski definition) is 7. The van der Waals surface area contributed by atoms with Gasteiger partial charge in [0.2, 0.25) is 5.82 Å². The van der Waals surface area contributed by atoms with Gasteiger partial charge < -0.3 is 9.26 Å². The lowest BCUT2D eigenvalue weighted by atomic mass is 10.1. The van der Waals surface area contributed by atoms with Crippen LogP contribution in [0.15, 0.2) is 45.9 Å². The maximum atomic E-state index is 6.02. The molecule has 1 fully saturated rings. The van der Waals surface area contributed by atoms with Crippen LogP contribution in [0.3, 0.4) is 0 Å². The van der Waals surface area contributed by atoms with Crippen LogP contribution >= 0.6 is 11.3 Å². The number of aromatic nitrogens is 3. The van der Waals surface area contributed by atoms with Gasteiger partial charge in [0.1, 0.15) is 6.61 Å². The molecule has 4 heterocycles. The van der Waals surface area contributed by atoms with Crippen molar-refractivity contribution in [3.63, 3.8) is 0 Å². The molecule has 0 aromatic carbocycles. The molecule has 0 N–H and O–H groups in total. The van der Waals surface area contributed by atoms with Crippen molar-refractivity contribution in [1.29, 1.82) is 0 Å². The smallest absolute Gasteiger partial charge is 0.252 e. The van der Waals surface area contributed by atoms with E-state index in [0.29, 0.717) is 18.3 Å². The van der Waals surface area contributed by atoms with E-state index in [1.807, 2.05) is 12.1 Å². The molecule has 0 saturated carbocycles. The van der Waals surface area contributed by atoms with E-state index in [1.54, 1.807) is 23.7 Å². The molecule has 0 bridgehead atoms. The van der Waals surface area contributed by atoms with Crippen molar-refractivity contribution in [2.75, 3.05) is 13.1 Å². The van der Waals surface area contributed by atoms with E-state index >= 15 is 0 Å². The molecular formula is C18H20N4O2S. The molecule has 0 aliphatic carbocycles. The quantitative estimate of drug-likeness (QED) is 0.675. The summed E-state index contributed by atoms with van der Waals surface area (Å²) in [5.41, 5.74) is 2.22. The zero-order valence-electron chi connectivity index (χ0n) is 13.9. The van der Waals surface area contributed by atoms with Gasteiger partial charge in [-0.2, -0.15) is 16.3 Å². The standard InChI is InChI=1S/C18H20N4O2S/c1-3-15(9-19-6-1)18-20-17(24-21-18)12-23-16-4-2-7-22(11-16)10-14-5-8-25-13-14/h1,3,5-6,8-9,13,16H,2,4,7,10-12H2. The first-order valence-electron chi connectivity index (χ1n) is 8.45. The second-order valence-electron chi connectivity index (χ2n) is 6.20. The third kappa shape index (κ3) is 4.31. The molecule has 1 atom stereocenters. The Balaban J connectivity index is 1.30. The summed E-state index contributed by atoms with van der Waals surface area (Å²) in [6.45, 7) is 3.42. The number of piperidine rings is 1. The summed E-state index contributed by atoms with van der Waals surface area (Å²) in [5.74, 6) is 1.06. The van der Waals surface area contributed by atoms with Gasteiger partial charge in [-0.3, -0.25) is 9.88 Å². The van der Waals surface area contributed by atoms with E-state index in [1.165, 1.54) is 5.56 Å². The molecule has 4 rings (SSSR count). The molecule has 0 spiro atoms. The maximum Gasteiger partial charge on any atom is 0.252 e. The van der Waals surface area contributed by atoms with E-state index in [4.69, 9.17) is 9.26 Å². The molecular weight excluding hydrogens is 336 g/mol. The summed E-state index contributed by atoms with van der Waals surface area (Å²) in [5, 5.41) is 8.34. The number of hydrogen-bond donors (Lipinski definition) is 0. The number of likely N-dealkylation sites (tertiary alicyclic amines) is 1. The molecule has 1 aliphatic heterocycles. The molecule has 25 heavy (non-hydrogen) atoms. The molecule has 1 aliphatic rings. The second kappa shape index (κ2) is 7.86. The maximum absolute atomic E-state index is 6.02. The van der Waals surface area contributed by atoms with Crippen molar-refractivity contribution in [3.8, 4) is 11.4 Å². The molecule has 0 radical (unpaired) electrons. The molecule has 7 heteroatoms. The van der Waals surface area contributed by atoms with Crippen LogP contribution in [-0.4, -0.2) is 39.2 Å². The highest BCUT2D eigenvalue weighted by Crippen LogP contribution is 2.19. The fourth-order valence-corrected chi connectivity index (χ4v) is 3.71. The van der Waals surface area contributed by atoms with Gasteiger partial charge in [-0.1, -0.05) is 5.16 Å². The monoisotopic (exact) mass is 356 g/mol. The number of thiophene rings is 1. The fraction of sp³-hybridized carbons (Fsp3) is 0.389. The number of ether oxygens (including phenoxy) is 1. The van der Waals surface area contributed by atoms with Crippen molar-refractivity contribution in [2.45, 2.75) is 32.1 Å². The summed E-state index contributed by atoms with van der Waals surface area (Å²) in [7, 11) is 0. The minimum atomic E-state index is 0.209.